The molecule has 0 unspecified atom stereocenters. The van der Waals surface area contributed by atoms with Crippen molar-refractivity contribution in [2.75, 3.05) is 0 Å². The molecule has 25 heavy (non-hydrogen) atoms. The molecule has 126 valence electrons. The van der Waals surface area contributed by atoms with Crippen molar-refractivity contribution in [3.63, 3.8) is 0 Å². The Balaban J connectivity index is 2.23. The molecule has 0 aliphatic rings. The fourth-order valence-corrected chi connectivity index (χ4v) is 2.84. The van der Waals surface area contributed by atoms with Crippen molar-refractivity contribution in [3.05, 3.63) is 64.5 Å². The molecule has 0 radical (unpaired) electrons. The van der Waals surface area contributed by atoms with Gasteiger partial charge in [-0.05, 0) is 37.3 Å². The molecular weight excluding hydrogens is 335 g/mol. The molecular formula is C17H10F3N3O2. The van der Waals surface area contributed by atoms with Crippen molar-refractivity contribution in [1.82, 2.24) is 14.5 Å². The molecule has 5 nitrogen and oxygen atoms in total. The predicted molar refractivity (Wildman–Crippen MR) is 84.6 cm³/mol. The molecule has 3 aromatic heterocycles. The van der Waals surface area contributed by atoms with Crippen LogP contribution in [0.2, 0.25) is 0 Å². The van der Waals surface area contributed by atoms with Crippen LogP contribution in [0.5, 0.6) is 0 Å². The van der Waals surface area contributed by atoms with E-state index in [0.717, 1.165) is 18.5 Å². The van der Waals surface area contributed by atoms with E-state index in [1.54, 1.807) is 25.3 Å². The van der Waals surface area contributed by atoms with Crippen molar-refractivity contribution in [2.45, 2.75) is 13.1 Å². The Hall–Kier alpha value is -3.16. The van der Waals surface area contributed by atoms with Crippen molar-refractivity contribution < 1.29 is 17.6 Å². The molecule has 3 heterocycles. The van der Waals surface area contributed by atoms with Crippen LogP contribution in [0.15, 0.2) is 52.1 Å². The summed E-state index contributed by atoms with van der Waals surface area (Å²) in [7, 11) is 0. The van der Waals surface area contributed by atoms with Gasteiger partial charge >= 0.3 is 6.18 Å². The van der Waals surface area contributed by atoms with Gasteiger partial charge in [0.2, 0.25) is 0 Å². The van der Waals surface area contributed by atoms with Crippen molar-refractivity contribution in [3.8, 4) is 5.69 Å². The molecule has 0 spiro atoms. The lowest BCUT2D eigenvalue weighted by molar-refractivity contribution is -0.137. The first-order valence-electron chi connectivity index (χ1n) is 7.29. The number of hydrogen-bond acceptors (Lipinski definition) is 4. The molecule has 0 bridgehead atoms. The first kappa shape index (κ1) is 15.4. The summed E-state index contributed by atoms with van der Waals surface area (Å²) < 4.78 is 45.9. The summed E-state index contributed by atoms with van der Waals surface area (Å²) in [6, 6.07) is 6.41. The lowest BCUT2D eigenvalue weighted by Crippen LogP contribution is -2.21. The van der Waals surface area contributed by atoms with E-state index in [4.69, 9.17) is 4.42 Å². The van der Waals surface area contributed by atoms with E-state index in [9.17, 15) is 18.0 Å². The average molecular weight is 345 g/mol. The standard InChI is InChI=1S/C17H10F3N3O2/c1-9-12(3-2-6-21-9)23-13-7-10(17(18,19)20)4-5-11(13)15-14(16(23)24)22-8-25-15/h2-8H,1H3. The Kier molecular flexibility index (Phi) is 3.18. The minimum atomic E-state index is -4.53. The molecule has 0 atom stereocenters. The Morgan fingerprint density at radius 2 is 1.96 bits per heavy atom. The van der Waals surface area contributed by atoms with E-state index >= 15 is 0 Å². The third-order valence-corrected chi connectivity index (χ3v) is 4.00. The number of rotatable bonds is 1. The topological polar surface area (TPSA) is 60.9 Å². The first-order chi connectivity index (χ1) is 11.9. The molecule has 0 saturated heterocycles. The number of nitrogens with zero attached hydrogens (tertiary/aromatic N) is 3. The van der Waals surface area contributed by atoms with Gasteiger partial charge in [-0.15, -0.1) is 0 Å². The highest BCUT2D eigenvalue weighted by molar-refractivity contribution is 6.01. The first-order valence-corrected chi connectivity index (χ1v) is 7.29. The summed E-state index contributed by atoms with van der Waals surface area (Å²) in [5, 5.41) is 0.364. The molecule has 4 rings (SSSR count). The highest BCUT2D eigenvalue weighted by Crippen LogP contribution is 2.33. The number of aryl methyl sites for hydroxylation is 1. The van der Waals surface area contributed by atoms with Crippen LogP contribution in [-0.4, -0.2) is 14.5 Å². The normalized spacial score (nSPS) is 12.2. The summed E-state index contributed by atoms with van der Waals surface area (Å²) in [6.07, 6.45) is -1.89. The number of alkyl halides is 3. The fraction of sp³-hybridized carbons (Fsp3) is 0.118. The van der Waals surface area contributed by atoms with E-state index in [1.165, 1.54) is 10.6 Å². The van der Waals surface area contributed by atoms with Crippen LogP contribution in [0.3, 0.4) is 0 Å². The van der Waals surface area contributed by atoms with Gasteiger partial charge in [0.15, 0.2) is 17.5 Å². The van der Waals surface area contributed by atoms with Crippen LogP contribution in [-0.2, 0) is 6.18 Å². The van der Waals surface area contributed by atoms with Crippen LogP contribution >= 0.6 is 0 Å². The number of fused-ring (bicyclic) bond motifs is 3. The lowest BCUT2D eigenvalue weighted by Gasteiger charge is -2.14. The quantitative estimate of drug-likeness (QED) is 0.526. The third-order valence-electron chi connectivity index (χ3n) is 4.00. The minimum absolute atomic E-state index is 0.0514. The maximum Gasteiger partial charge on any atom is 0.416 e. The smallest absolute Gasteiger partial charge is 0.416 e. The second-order valence-electron chi connectivity index (χ2n) is 5.51. The Bertz CT molecular complexity index is 1180. The van der Waals surface area contributed by atoms with Gasteiger partial charge in [0.05, 0.1) is 22.5 Å². The van der Waals surface area contributed by atoms with Gasteiger partial charge in [0.25, 0.3) is 5.56 Å². The van der Waals surface area contributed by atoms with E-state index in [0.29, 0.717) is 16.8 Å². The van der Waals surface area contributed by atoms with Crippen LogP contribution < -0.4 is 5.56 Å². The number of benzene rings is 1. The molecule has 0 fully saturated rings. The fourth-order valence-electron chi connectivity index (χ4n) is 2.84. The van der Waals surface area contributed by atoms with Gasteiger partial charge in [-0.2, -0.15) is 13.2 Å². The van der Waals surface area contributed by atoms with Gasteiger partial charge in [-0.25, -0.2) is 4.98 Å². The van der Waals surface area contributed by atoms with Gasteiger partial charge in [-0.3, -0.25) is 14.3 Å². The van der Waals surface area contributed by atoms with E-state index in [1.807, 2.05) is 0 Å². The van der Waals surface area contributed by atoms with Gasteiger partial charge in [0.1, 0.15) is 0 Å². The Morgan fingerprint density at radius 1 is 1.16 bits per heavy atom. The van der Waals surface area contributed by atoms with Crippen LogP contribution in [0.1, 0.15) is 11.3 Å². The van der Waals surface area contributed by atoms with Crippen molar-refractivity contribution in [2.24, 2.45) is 0 Å². The summed E-state index contributed by atoms with van der Waals surface area (Å²) in [5.41, 5.74) is -0.227. The van der Waals surface area contributed by atoms with Crippen LogP contribution in [0.25, 0.3) is 27.7 Å². The van der Waals surface area contributed by atoms with E-state index in [-0.39, 0.29) is 16.6 Å². The summed E-state index contributed by atoms with van der Waals surface area (Å²) in [5.74, 6) is 0. The second kappa shape index (κ2) is 5.17. The average Bonchev–Trinajstić information content (AvgIpc) is 3.05. The van der Waals surface area contributed by atoms with E-state index in [2.05, 4.69) is 9.97 Å². The number of hydrogen-bond donors (Lipinski definition) is 0. The highest BCUT2D eigenvalue weighted by atomic mass is 19.4. The third kappa shape index (κ3) is 2.29. The second-order valence-corrected chi connectivity index (χ2v) is 5.51. The molecule has 0 N–H and O–H groups in total. The number of pyridine rings is 2. The zero-order valence-electron chi connectivity index (χ0n) is 12.8. The largest absolute Gasteiger partial charge is 0.443 e. The highest BCUT2D eigenvalue weighted by Gasteiger charge is 2.31. The van der Waals surface area contributed by atoms with E-state index < -0.39 is 17.3 Å². The Labute approximate surface area is 138 Å². The molecule has 0 saturated carbocycles. The molecule has 0 amide bonds. The van der Waals surface area contributed by atoms with Gasteiger partial charge in [-0.1, -0.05) is 0 Å². The maximum absolute atomic E-state index is 13.1. The summed E-state index contributed by atoms with van der Waals surface area (Å²) in [4.78, 5) is 20.9. The molecule has 4 aromatic rings. The zero-order chi connectivity index (χ0) is 17.8. The van der Waals surface area contributed by atoms with Crippen molar-refractivity contribution in [1.29, 1.82) is 0 Å². The van der Waals surface area contributed by atoms with Gasteiger partial charge in [0, 0.05) is 11.6 Å². The minimum Gasteiger partial charge on any atom is -0.443 e. The van der Waals surface area contributed by atoms with Crippen LogP contribution in [0, 0.1) is 6.92 Å². The number of oxazole rings is 1. The zero-order valence-corrected chi connectivity index (χ0v) is 12.8. The maximum atomic E-state index is 13.1. The molecule has 1 aromatic carbocycles. The molecule has 0 aliphatic heterocycles. The number of aromatic nitrogens is 3. The van der Waals surface area contributed by atoms with Crippen molar-refractivity contribution >= 4 is 22.0 Å². The summed E-state index contributed by atoms with van der Waals surface area (Å²) in [6.45, 7) is 1.67. The molecule has 8 heteroatoms. The lowest BCUT2D eigenvalue weighted by atomic mass is 10.1. The van der Waals surface area contributed by atoms with Crippen LogP contribution in [0.4, 0.5) is 13.2 Å². The number of halogens is 3. The molecule has 0 aliphatic carbocycles. The van der Waals surface area contributed by atoms with Gasteiger partial charge < -0.3 is 4.42 Å². The predicted octanol–water partition coefficient (Wildman–Crippen LogP) is 3.85. The monoisotopic (exact) mass is 345 g/mol. The summed E-state index contributed by atoms with van der Waals surface area (Å²) >= 11 is 0. The SMILES string of the molecule is Cc1ncccc1-n1c(=O)c2ncoc2c2ccc(C(F)(F)F)cc21. The Morgan fingerprint density at radius 3 is 2.68 bits per heavy atom.